The molecule has 0 spiro atoms. The highest BCUT2D eigenvalue weighted by molar-refractivity contribution is 4.80. The molecule has 3 heteroatoms. The minimum Gasteiger partial charge on any atom is -0.396 e. The van der Waals surface area contributed by atoms with Crippen LogP contribution in [0.5, 0.6) is 0 Å². The van der Waals surface area contributed by atoms with Crippen LogP contribution < -0.4 is 5.32 Å². The molecule has 0 aromatic rings. The first-order valence-electron chi connectivity index (χ1n) is 4.64. The van der Waals surface area contributed by atoms with Crippen molar-refractivity contribution in [2.75, 3.05) is 19.8 Å². The average Bonchev–Trinajstić information content (AvgIpc) is 2.15. The van der Waals surface area contributed by atoms with Crippen LogP contribution in [0.15, 0.2) is 12.7 Å². The Morgan fingerprint density at radius 1 is 1.46 bits per heavy atom. The van der Waals surface area contributed by atoms with Gasteiger partial charge in [0.1, 0.15) is 0 Å². The number of aliphatic hydroxyl groups excluding tert-OH is 2. The van der Waals surface area contributed by atoms with E-state index in [0.29, 0.717) is 12.6 Å². The average molecular weight is 187 g/mol. The summed E-state index contributed by atoms with van der Waals surface area (Å²) in [7, 11) is 0. The molecule has 0 aliphatic rings. The summed E-state index contributed by atoms with van der Waals surface area (Å²) in [4.78, 5) is 0. The molecule has 0 aliphatic carbocycles. The Hall–Kier alpha value is -0.380. The monoisotopic (exact) mass is 187 g/mol. The van der Waals surface area contributed by atoms with Crippen molar-refractivity contribution in [3.63, 3.8) is 0 Å². The Bertz CT molecular complexity index is 144. The number of rotatable bonds is 7. The van der Waals surface area contributed by atoms with E-state index in [1.54, 1.807) is 0 Å². The summed E-state index contributed by atoms with van der Waals surface area (Å²) < 4.78 is 0. The van der Waals surface area contributed by atoms with E-state index < -0.39 is 5.41 Å². The van der Waals surface area contributed by atoms with Crippen molar-refractivity contribution in [1.82, 2.24) is 5.32 Å². The van der Waals surface area contributed by atoms with Crippen molar-refractivity contribution in [3.8, 4) is 0 Å². The van der Waals surface area contributed by atoms with E-state index in [2.05, 4.69) is 18.8 Å². The quantitative estimate of drug-likeness (QED) is 0.510. The minimum absolute atomic E-state index is 0.00267. The fourth-order valence-electron chi connectivity index (χ4n) is 0.916. The Balaban J connectivity index is 3.77. The molecule has 0 amide bonds. The van der Waals surface area contributed by atoms with Gasteiger partial charge in [0.2, 0.25) is 0 Å². The maximum Gasteiger partial charge on any atom is 0.0518 e. The van der Waals surface area contributed by atoms with Crippen LogP contribution in [0, 0.1) is 5.41 Å². The summed E-state index contributed by atoms with van der Waals surface area (Å²) in [5, 5.41) is 21.3. The third kappa shape index (κ3) is 5.03. The lowest BCUT2D eigenvalue weighted by Gasteiger charge is -2.26. The molecule has 0 rings (SSSR count). The van der Waals surface area contributed by atoms with E-state index >= 15 is 0 Å². The number of nitrogens with one attached hydrogen (secondary N) is 1. The van der Waals surface area contributed by atoms with Crippen molar-refractivity contribution in [1.29, 1.82) is 0 Å². The molecule has 0 saturated heterocycles. The van der Waals surface area contributed by atoms with Crippen molar-refractivity contribution in [2.24, 2.45) is 5.41 Å². The molecule has 0 radical (unpaired) electrons. The van der Waals surface area contributed by atoms with Gasteiger partial charge in [0.25, 0.3) is 0 Å². The third-order valence-electron chi connectivity index (χ3n) is 2.16. The van der Waals surface area contributed by atoms with E-state index in [4.69, 9.17) is 10.2 Å². The van der Waals surface area contributed by atoms with Crippen molar-refractivity contribution >= 4 is 0 Å². The lowest BCUT2D eigenvalue weighted by molar-refractivity contribution is 0.0678. The standard InChI is InChI=1S/C10H21NO2/c1-4-5-9(2)11-6-10(3,7-12)8-13/h4,9,11-13H,1,5-8H2,2-3H3. The zero-order chi connectivity index (χ0) is 10.3. The third-order valence-corrected chi connectivity index (χ3v) is 2.16. The zero-order valence-electron chi connectivity index (χ0n) is 8.58. The van der Waals surface area contributed by atoms with Crippen LogP contribution in [-0.4, -0.2) is 36.0 Å². The van der Waals surface area contributed by atoms with Gasteiger partial charge in [0, 0.05) is 18.0 Å². The predicted octanol–water partition coefficient (Wildman–Crippen LogP) is 0.531. The topological polar surface area (TPSA) is 52.5 Å². The van der Waals surface area contributed by atoms with E-state index in [1.165, 1.54) is 0 Å². The van der Waals surface area contributed by atoms with E-state index in [-0.39, 0.29) is 13.2 Å². The van der Waals surface area contributed by atoms with Crippen LogP contribution in [0.25, 0.3) is 0 Å². The molecule has 1 atom stereocenters. The van der Waals surface area contributed by atoms with Crippen LogP contribution in [0.1, 0.15) is 20.3 Å². The first-order chi connectivity index (χ1) is 6.08. The van der Waals surface area contributed by atoms with Gasteiger partial charge >= 0.3 is 0 Å². The molecule has 13 heavy (non-hydrogen) atoms. The summed E-state index contributed by atoms with van der Waals surface area (Å²) in [6.07, 6.45) is 2.75. The molecule has 0 aliphatic heterocycles. The maximum absolute atomic E-state index is 9.01. The second-order valence-corrected chi connectivity index (χ2v) is 3.93. The first kappa shape index (κ1) is 12.6. The molecule has 1 unspecified atom stereocenters. The Morgan fingerprint density at radius 2 is 2.00 bits per heavy atom. The molecular weight excluding hydrogens is 166 g/mol. The molecule has 0 bridgehead atoms. The van der Waals surface area contributed by atoms with Gasteiger partial charge in [0.15, 0.2) is 0 Å². The molecule has 3 N–H and O–H groups in total. The molecular formula is C10H21NO2. The van der Waals surface area contributed by atoms with Gasteiger partial charge in [-0.3, -0.25) is 0 Å². The molecule has 3 nitrogen and oxygen atoms in total. The maximum atomic E-state index is 9.01. The van der Waals surface area contributed by atoms with Crippen molar-refractivity contribution < 1.29 is 10.2 Å². The Kier molecular flexibility index (Phi) is 5.95. The molecule has 0 saturated carbocycles. The number of aliphatic hydroxyl groups is 2. The molecule has 0 heterocycles. The van der Waals surface area contributed by atoms with Crippen LogP contribution in [0.2, 0.25) is 0 Å². The number of hydrogen-bond acceptors (Lipinski definition) is 3. The fraction of sp³-hybridized carbons (Fsp3) is 0.800. The van der Waals surface area contributed by atoms with Gasteiger partial charge in [-0.05, 0) is 13.3 Å². The van der Waals surface area contributed by atoms with Gasteiger partial charge in [-0.15, -0.1) is 6.58 Å². The van der Waals surface area contributed by atoms with Gasteiger partial charge in [0.05, 0.1) is 13.2 Å². The van der Waals surface area contributed by atoms with Crippen LogP contribution in [0.4, 0.5) is 0 Å². The summed E-state index contributed by atoms with van der Waals surface area (Å²) in [6.45, 7) is 8.16. The van der Waals surface area contributed by atoms with E-state index in [9.17, 15) is 0 Å². The normalized spacial score (nSPS) is 14.2. The summed E-state index contributed by atoms with van der Waals surface area (Å²) in [5.41, 5.74) is -0.421. The first-order valence-corrected chi connectivity index (χ1v) is 4.64. The number of hydrogen-bond donors (Lipinski definition) is 3. The molecule has 78 valence electrons. The molecule has 0 aromatic heterocycles. The lowest BCUT2D eigenvalue weighted by atomic mass is 9.92. The van der Waals surface area contributed by atoms with E-state index in [0.717, 1.165) is 6.42 Å². The molecule has 0 fully saturated rings. The summed E-state index contributed by atoms with van der Waals surface area (Å²) in [5.74, 6) is 0. The Morgan fingerprint density at radius 3 is 2.38 bits per heavy atom. The van der Waals surface area contributed by atoms with Gasteiger partial charge in [-0.1, -0.05) is 13.0 Å². The van der Waals surface area contributed by atoms with Crippen LogP contribution in [-0.2, 0) is 0 Å². The van der Waals surface area contributed by atoms with Crippen molar-refractivity contribution in [3.05, 3.63) is 12.7 Å². The minimum atomic E-state index is -0.421. The van der Waals surface area contributed by atoms with Gasteiger partial charge in [-0.2, -0.15) is 0 Å². The molecule has 0 aromatic carbocycles. The van der Waals surface area contributed by atoms with Gasteiger partial charge in [-0.25, -0.2) is 0 Å². The van der Waals surface area contributed by atoms with Crippen LogP contribution >= 0.6 is 0 Å². The lowest BCUT2D eigenvalue weighted by Crippen LogP contribution is -2.41. The second-order valence-electron chi connectivity index (χ2n) is 3.93. The fourth-order valence-corrected chi connectivity index (χ4v) is 0.916. The largest absolute Gasteiger partial charge is 0.396 e. The Labute approximate surface area is 80.5 Å². The highest BCUT2D eigenvalue weighted by Crippen LogP contribution is 2.12. The summed E-state index contributed by atoms with van der Waals surface area (Å²) >= 11 is 0. The highest BCUT2D eigenvalue weighted by atomic mass is 16.3. The smallest absolute Gasteiger partial charge is 0.0518 e. The van der Waals surface area contributed by atoms with Gasteiger partial charge < -0.3 is 15.5 Å². The summed E-state index contributed by atoms with van der Waals surface area (Å²) in [6, 6.07) is 0.343. The van der Waals surface area contributed by atoms with E-state index in [1.807, 2.05) is 13.0 Å². The van der Waals surface area contributed by atoms with Crippen molar-refractivity contribution in [2.45, 2.75) is 26.3 Å². The predicted molar refractivity (Wildman–Crippen MR) is 54.6 cm³/mol. The SMILES string of the molecule is C=CCC(C)NCC(C)(CO)CO. The highest BCUT2D eigenvalue weighted by Gasteiger charge is 2.22. The van der Waals surface area contributed by atoms with Crippen LogP contribution in [0.3, 0.4) is 0 Å². The second kappa shape index (κ2) is 6.13. The zero-order valence-corrected chi connectivity index (χ0v) is 8.58.